The molecule has 0 amide bonds. The lowest BCUT2D eigenvalue weighted by Gasteiger charge is -2.13. The zero-order valence-corrected chi connectivity index (χ0v) is 11.9. The van der Waals surface area contributed by atoms with Crippen LogP contribution in [0, 0.1) is 6.92 Å². The predicted molar refractivity (Wildman–Crippen MR) is 82.4 cm³/mol. The van der Waals surface area contributed by atoms with Crippen molar-refractivity contribution in [1.82, 2.24) is 4.57 Å². The van der Waals surface area contributed by atoms with E-state index in [0.29, 0.717) is 0 Å². The van der Waals surface area contributed by atoms with E-state index >= 15 is 0 Å². The van der Waals surface area contributed by atoms with E-state index in [1.807, 2.05) is 10.6 Å². The van der Waals surface area contributed by atoms with Crippen molar-refractivity contribution in [3.63, 3.8) is 0 Å². The number of rotatable bonds is 4. The van der Waals surface area contributed by atoms with Gasteiger partial charge in [-0.2, -0.15) is 0 Å². The molecule has 1 N–H and O–H groups in total. The maximum Gasteiger partial charge on any atom is 0.250 e. The van der Waals surface area contributed by atoms with Crippen molar-refractivity contribution in [1.29, 1.82) is 0 Å². The van der Waals surface area contributed by atoms with E-state index < -0.39 is 0 Å². The van der Waals surface area contributed by atoms with Crippen LogP contribution in [0.5, 0.6) is 0 Å². The van der Waals surface area contributed by atoms with Crippen molar-refractivity contribution >= 4 is 5.69 Å². The van der Waals surface area contributed by atoms with E-state index in [4.69, 9.17) is 0 Å². The second-order valence-electron chi connectivity index (χ2n) is 5.44. The molecule has 0 saturated heterocycles. The number of aryl methyl sites for hydroxylation is 2. The molecule has 3 rings (SSSR count). The monoisotopic (exact) mass is 268 g/mol. The molecule has 1 heterocycles. The summed E-state index contributed by atoms with van der Waals surface area (Å²) in [6.07, 6.45) is 3.32. The quantitative estimate of drug-likeness (QED) is 0.925. The molecule has 1 aromatic carbocycles. The Morgan fingerprint density at radius 2 is 1.90 bits per heavy atom. The minimum Gasteiger partial charge on any atom is -0.383 e. The summed E-state index contributed by atoms with van der Waals surface area (Å²) in [6, 6.07) is 12.0. The second kappa shape index (κ2) is 5.53. The lowest BCUT2D eigenvalue weighted by Crippen LogP contribution is -2.26. The molecule has 0 bridgehead atoms. The third-order valence-electron chi connectivity index (χ3n) is 3.97. The fourth-order valence-electron chi connectivity index (χ4n) is 2.86. The van der Waals surface area contributed by atoms with Gasteiger partial charge < -0.3 is 9.88 Å². The first-order chi connectivity index (χ1) is 9.74. The fourth-order valence-corrected chi connectivity index (χ4v) is 2.86. The van der Waals surface area contributed by atoms with Gasteiger partial charge in [0.15, 0.2) is 0 Å². The number of anilines is 1. The predicted octanol–water partition coefficient (Wildman–Crippen LogP) is 2.76. The molecule has 0 atom stereocenters. The highest BCUT2D eigenvalue weighted by Gasteiger charge is 2.15. The highest BCUT2D eigenvalue weighted by Crippen LogP contribution is 2.19. The zero-order valence-electron chi connectivity index (χ0n) is 11.9. The number of nitrogens with zero attached hydrogens (tertiary/aromatic N) is 1. The standard InChI is InChI=1S/C17H20N2O/c1-13-5-8-15(9-6-13)18-11-12-19-16-4-2-3-14(16)7-10-17(19)20/h5-10,18H,2-4,11-12H2,1H3. The van der Waals surface area contributed by atoms with Crippen molar-refractivity contribution in [3.8, 4) is 0 Å². The van der Waals surface area contributed by atoms with Crippen molar-refractivity contribution in [2.75, 3.05) is 11.9 Å². The Morgan fingerprint density at radius 1 is 1.10 bits per heavy atom. The molecular formula is C17H20N2O. The molecule has 0 unspecified atom stereocenters. The van der Waals surface area contributed by atoms with E-state index in [-0.39, 0.29) is 5.56 Å². The maximum atomic E-state index is 12.0. The van der Waals surface area contributed by atoms with Crippen molar-refractivity contribution < 1.29 is 0 Å². The van der Waals surface area contributed by atoms with Crippen molar-refractivity contribution in [2.24, 2.45) is 0 Å². The summed E-state index contributed by atoms with van der Waals surface area (Å²) in [6.45, 7) is 3.59. The Hall–Kier alpha value is -2.03. The lowest BCUT2D eigenvalue weighted by molar-refractivity contribution is 0.659. The fraction of sp³-hybridized carbons (Fsp3) is 0.353. The first-order valence-electron chi connectivity index (χ1n) is 7.26. The summed E-state index contributed by atoms with van der Waals surface area (Å²) in [5.74, 6) is 0. The lowest BCUT2D eigenvalue weighted by atomic mass is 10.2. The Kier molecular flexibility index (Phi) is 3.59. The Labute approximate surface area is 119 Å². The average molecular weight is 268 g/mol. The summed E-state index contributed by atoms with van der Waals surface area (Å²) in [7, 11) is 0. The van der Waals surface area contributed by atoms with Gasteiger partial charge in [0, 0.05) is 30.5 Å². The number of aromatic nitrogens is 1. The van der Waals surface area contributed by atoms with Crippen molar-refractivity contribution in [2.45, 2.75) is 32.7 Å². The normalized spacial score (nSPS) is 13.2. The SMILES string of the molecule is Cc1ccc(NCCn2c3c(ccc2=O)CCC3)cc1. The smallest absolute Gasteiger partial charge is 0.250 e. The van der Waals surface area contributed by atoms with Gasteiger partial charge in [0.25, 0.3) is 5.56 Å². The molecule has 1 aliphatic rings. The summed E-state index contributed by atoms with van der Waals surface area (Å²) < 4.78 is 1.93. The molecule has 0 aliphatic heterocycles. The van der Waals surface area contributed by atoms with Crippen LogP contribution in [0.1, 0.15) is 23.2 Å². The Balaban J connectivity index is 1.69. The van der Waals surface area contributed by atoms with Gasteiger partial charge in [0.05, 0.1) is 0 Å². The molecule has 0 spiro atoms. The van der Waals surface area contributed by atoms with Gasteiger partial charge >= 0.3 is 0 Å². The molecule has 20 heavy (non-hydrogen) atoms. The zero-order chi connectivity index (χ0) is 13.9. The third kappa shape index (κ3) is 2.62. The molecule has 1 aliphatic carbocycles. The van der Waals surface area contributed by atoms with Gasteiger partial charge in [-0.1, -0.05) is 23.8 Å². The van der Waals surface area contributed by atoms with Crippen LogP contribution in [0.25, 0.3) is 0 Å². The average Bonchev–Trinajstić information content (AvgIpc) is 2.92. The number of benzene rings is 1. The van der Waals surface area contributed by atoms with E-state index in [2.05, 4.69) is 36.5 Å². The highest BCUT2D eigenvalue weighted by atomic mass is 16.1. The number of hydrogen-bond acceptors (Lipinski definition) is 2. The molecule has 0 radical (unpaired) electrons. The van der Waals surface area contributed by atoms with Crippen LogP contribution in [0.15, 0.2) is 41.2 Å². The second-order valence-corrected chi connectivity index (χ2v) is 5.44. The first kappa shape index (κ1) is 13.0. The third-order valence-corrected chi connectivity index (χ3v) is 3.97. The van der Waals surface area contributed by atoms with Gasteiger partial charge in [-0.3, -0.25) is 4.79 Å². The van der Waals surface area contributed by atoms with Crippen LogP contribution >= 0.6 is 0 Å². The van der Waals surface area contributed by atoms with Gasteiger partial charge in [0.1, 0.15) is 0 Å². The molecule has 0 saturated carbocycles. The van der Waals surface area contributed by atoms with E-state index in [1.165, 1.54) is 23.2 Å². The van der Waals surface area contributed by atoms with E-state index in [1.54, 1.807) is 6.07 Å². The first-order valence-corrected chi connectivity index (χ1v) is 7.26. The summed E-state index contributed by atoms with van der Waals surface area (Å²) in [5.41, 5.74) is 5.07. The van der Waals surface area contributed by atoms with Gasteiger partial charge in [-0.25, -0.2) is 0 Å². The van der Waals surface area contributed by atoms with Crippen LogP contribution in [-0.2, 0) is 19.4 Å². The maximum absolute atomic E-state index is 12.0. The summed E-state index contributed by atoms with van der Waals surface area (Å²) >= 11 is 0. The van der Waals surface area contributed by atoms with Gasteiger partial charge in [0.2, 0.25) is 0 Å². The van der Waals surface area contributed by atoms with Crippen LogP contribution in [0.2, 0.25) is 0 Å². The molecular weight excluding hydrogens is 248 g/mol. The Bertz CT molecular complexity index is 656. The minimum absolute atomic E-state index is 0.122. The molecule has 3 nitrogen and oxygen atoms in total. The minimum atomic E-state index is 0.122. The van der Waals surface area contributed by atoms with E-state index in [9.17, 15) is 4.79 Å². The molecule has 2 aromatic rings. The van der Waals surface area contributed by atoms with Gasteiger partial charge in [-0.15, -0.1) is 0 Å². The number of pyridine rings is 1. The number of fused-ring (bicyclic) bond motifs is 1. The van der Waals surface area contributed by atoms with Crippen molar-refractivity contribution in [3.05, 3.63) is 63.6 Å². The largest absolute Gasteiger partial charge is 0.383 e. The summed E-state index contributed by atoms with van der Waals surface area (Å²) in [5, 5.41) is 3.38. The number of hydrogen-bond donors (Lipinski definition) is 1. The molecule has 104 valence electrons. The topological polar surface area (TPSA) is 34.0 Å². The van der Waals surface area contributed by atoms with Gasteiger partial charge in [-0.05, 0) is 43.9 Å². The summed E-state index contributed by atoms with van der Waals surface area (Å²) in [4.78, 5) is 12.0. The van der Waals surface area contributed by atoms with Crippen LogP contribution in [0.4, 0.5) is 5.69 Å². The van der Waals surface area contributed by atoms with Crippen LogP contribution in [-0.4, -0.2) is 11.1 Å². The molecule has 1 aromatic heterocycles. The van der Waals surface area contributed by atoms with Crippen LogP contribution in [0.3, 0.4) is 0 Å². The highest BCUT2D eigenvalue weighted by molar-refractivity contribution is 5.44. The molecule has 3 heteroatoms. The van der Waals surface area contributed by atoms with Crippen LogP contribution < -0.4 is 10.9 Å². The van der Waals surface area contributed by atoms with E-state index in [0.717, 1.165) is 31.6 Å². The Morgan fingerprint density at radius 3 is 2.70 bits per heavy atom. The molecule has 0 fully saturated rings. The number of nitrogens with one attached hydrogen (secondary N) is 1.